The fraction of sp³-hybridized carbons (Fsp3) is 0.286. The molecule has 0 saturated heterocycles. The summed E-state index contributed by atoms with van der Waals surface area (Å²) in [6.07, 6.45) is 1.73. The first-order chi connectivity index (χ1) is 23.4. The van der Waals surface area contributed by atoms with Gasteiger partial charge >= 0.3 is 17.9 Å². The first-order valence-electron chi connectivity index (χ1n) is 15.3. The monoisotopic (exact) mass is 668 g/mol. The number of carboxylic acids is 3. The zero-order valence-electron chi connectivity index (χ0n) is 26.8. The summed E-state index contributed by atoms with van der Waals surface area (Å²) in [5, 5.41) is 32.6. The quantitative estimate of drug-likeness (QED) is 0.0942. The van der Waals surface area contributed by atoms with Crippen LogP contribution >= 0.6 is 0 Å². The summed E-state index contributed by atoms with van der Waals surface area (Å²) in [4.78, 5) is 71.9. The summed E-state index contributed by atoms with van der Waals surface area (Å²) in [5.41, 5.74) is 3.31. The third kappa shape index (κ3) is 11.8. The van der Waals surface area contributed by atoms with E-state index in [1.807, 2.05) is 36.4 Å². The van der Waals surface area contributed by atoms with E-state index in [9.17, 15) is 34.2 Å². The Kier molecular flexibility index (Phi) is 12.8. The van der Waals surface area contributed by atoms with E-state index in [-0.39, 0.29) is 45.1 Å². The molecule has 0 aliphatic carbocycles. The molecule has 1 amide bonds. The molecule has 4 aromatic rings. The van der Waals surface area contributed by atoms with Crippen LogP contribution in [0.2, 0.25) is 0 Å². The van der Waals surface area contributed by atoms with Crippen LogP contribution in [0.5, 0.6) is 0 Å². The second-order valence-electron chi connectivity index (χ2n) is 11.4. The number of aliphatic carboxylic acids is 3. The van der Waals surface area contributed by atoms with Crippen molar-refractivity contribution in [3.63, 3.8) is 0 Å². The number of aromatic nitrogens is 2. The Bertz CT molecular complexity index is 1890. The largest absolute Gasteiger partial charge is 0.480 e. The van der Waals surface area contributed by atoms with E-state index in [1.165, 1.54) is 21.6 Å². The minimum absolute atomic E-state index is 0.0435. The van der Waals surface area contributed by atoms with Gasteiger partial charge in [-0.05, 0) is 55.3 Å². The van der Waals surface area contributed by atoms with Gasteiger partial charge in [0.25, 0.3) is 0 Å². The van der Waals surface area contributed by atoms with Gasteiger partial charge in [0.15, 0.2) is 0 Å². The molecule has 0 radical (unpaired) electrons. The Morgan fingerprint density at radius 2 is 1.20 bits per heavy atom. The molecule has 0 unspecified atom stereocenters. The number of fused-ring (bicyclic) bond motifs is 3. The number of ketones is 1. The molecule has 14 heteroatoms. The van der Waals surface area contributed by atoms with E-state index >= 15 is 0 Å². The maximum Gasteiger partial charge on any atom is 0.317 e. The van der Waals surface area contributed by atoms with Crippen LogP contribution in [0, 0.1) is 11.8 Å². The highest BCUT2D eigenvalue weighted by Crippen LogP contribution is 2.22. The lowest BCUT2D eigenvalue weighted by molar-refractivity contribution is -0.140. The van der Waals surface area contributed by atoms with Gasteiger partial charge in [-0.3, -0.25) is 43.7 Å². The van der Waals surface area contributed by atoms with Gasteiger partial charge in [0, 0.05) is 54.4 Å². The summed E-state index contributed by atoms with van der Waals surface area (Å²) in [6, 6.07) is 18.4. The van der Waals surface area contributed by atoms with Gasteiger partial charge in [0.1, 0.15) is 11.5 Å². The first kappa shape index (κ1) is 36.1. The van der Waals surface area contributed by atoms with Gasteiger partial charge in [0.05, 0.1) is 43.8 Å². The van der Waals surface area contributed by atoms with Crippen LogP contribution in [0.15, 0.2) is 66.9 Å². The summed E-state index contributed by atoms with van der Waals surface area (Å²) in [6.45, 7) is 0.0306. The molecule has 2 aromatic heterocycles. The first-order valence-corrected chi connectivity index (χ1v) is 15.3. The Hall–Kier alpha value is -5.75. The molecule has 254 valence electrons. The average molecular weight is 669 g/mol. The maximum absolute atomic E-state index is 12.9. The highest BCUT2D eigenvalue weighted by atomic mass is 16.4. The number of carbonyl (C=O) groups is 5. The SMILES string of the molecule is CC(=O)CN(CCN(CCN(CC(=O)O)CC(=O)Nc1ccc(C#Cc2ccc3ccc4cccnc4c3n2)cc1)CC(=O)O)CC(=O)O. The van der Waals surface area contributed by atoms with E-state index in [0.717, 1.165) is 21.8 Å². The molecule has 0 saturated carbocycles. The van der Waals surface area contributed by atoms with Crippen molar-refractivity contribution in [3.8, 4) is 11.8 Å². The van der Waals surface area contributed by atoms with E-state index in [4.69, 9.17) is 10.1 Å². The van der Waals surface area contributed by atoms with Gasteiger partial charge in [-0.1, -0.05) is 24.1 Å². The fourth-order valence-corrected chi connectivity index (χ4v) is 5.12. The Morgan fingerprint density at radius 3 is 1.82 bits per heavy atom. The van der Waals surface area contributed by atoms with E-state index in [2.05, 4.69) is 22.1 Å². The average Bonchev–Trinajstić information content (AvgIpc) is 3.04. The minimum Gasteiger partial charge on any atom is -0.480 e. The number of rotatable bonds is 17. The second kappa shape index (κ2) is 17.4. The zero-order chi connectivity index (χ0) is 35.3. The van der Waals surface area contributed by atoms with Crippen molar-refractivity contribution in [1.82, 2.24) is 24.7 Å². The number of hydrogen-bond acceptors (Lipinski definition) is 10. The summed E-state index contributed by atoms with van der Waals surface area (Å²) < 4.78 is 0. The van der Waals surface area contributed by atoms with Crippen molar-refractivity contribution < 1.29 is 39.3 Å². The number of carboxylic acid groups (broad SMARTS) is 3. The smallest absolute Gasteiger partial charge is 0.317 e. The Labute approximate surface area is 282 Å². The molecule has 0 aliphatic rings. The molecule has 0 atom stereocenters. The Morgan fingerprint density at radius 1 is 0.653 bits per heavy atom. The number of benzene rings is 2. The van der Waals surface area contributed by atoms with Crippen LogP contribution in [0.25, 0.3) is 21.8 Å². The highest BCUT2D eigenvalue weighted by Gasteiger charge is 2.19. The number of hydrogen-bond donors (Lipinski definition) is 4. The van der Waals surface area contributed by atoms with Gasteiger partial charge in [-0.15, -0.1) is 0 Å². The van der Waals surface area contributed by atoms with Crippen molar-refractivity contribution >= 4 is 57.1 Å². The van der Waals surface area contributed by atoms with Gasteiger partial charge in [-0.25, -0.2) is 4.98 Å². The molecular formula is C35H36N6O8. The number of pyridine rings is 2. The van der Waals surface area contributed by atoms with Crippen LogP contribution in [0.1, 0.15) is 18.2 Å². The van der Waals surface area contributed by atoms with Gasteiger partial charge < -0.3 is 20.6 Å². The number of carbonyl (C=O) groups excluding carboxylic acids is 2. The lowest BCUT2D eigenvalue weighted by Crippen LogP contribution is -2.45. The van der Waals surface area contributed by atoms with Crippen molar-refractivity contribution in [1.29, 1.82) is 0 Å². The molecule has 0 aliphatic heterocycles. The molecular weight excluding hydrogens is 632 g/mol. The molecule has 2 heterocycles. The predicted octanol–water partition coefficient (Wildman–Crippen LogP) is 1.87. The fourth-order valence-electron chi connectivity index (χ4n) is 5.12. The molecule has 4 rings (SSSR count). The van der Waals surface area contributed by atoms with E-state index in [1.54, 1.807) is 30.5 Å². The maximum atomic E-state index is 12.9. The van der Waals surface area contributed by atoms with Crippen LogP contribution in [0.3, 0.4) is 0 Å². The summed E-state index contributed by atoms with van der Waals surface area (Å²) in [5.74, 6) is 2.00. The van der Waals surface area contributed by atoms with Gasteiger partial charge in [-0.2, -0.15) is 0 Å². The molecule has 4 N–H and O–H groups in total. The normalized spacial score (nSPS) is 11.1. The Balaban J connectivity index is 1.35. The summed E-state index contributed by atoms with van der Waals surface area (Å²) in [7, 11) is 0. The predicted molar refractivity (Wildman–Crippen MR) is 181 cm³/mol. The molecule has 0 fully saturated rings. The molecule has 2 aromatic carbocycles. The number of nitrogens with one attached hydrogen (secondary N) is 1. The van der Waals surface area contributed by atoms with Crippen molar-refractivity contribution in [2.75, 3.05) is 64.2 Å². The van der Waals surface area contributed by atoms with Crippen LogP contribution < -0.4 is 5.32 Å². The number of amides is 1. The number of anilines is 1. The number of Topliss-reactive ketones (excluding diaryl/α,β-unsaturated/α-hetero) is 1. The van der Waals surface area contributed by atoms with E-state index < -0.39 is 43.4 Å². The lowest BCUT2D eigenvalue weighted by atomic mass is 10.1. The minimum atomic E-state index is -1.17. The summed E-state index contributed by atoms with van der Waals surface area (Å²) >= 11 is 0. The topological polar surface area (TPSA) is 194 Å². The lowest BCUT2D eigenvalue weighted by Gasteiger charge is -2.27. The third-order valence-electron chi connectivity index (χ3n) is 7.29. The van der Waals surface area contributed by atoms with Crippen molar-refractivity contribution in [2.45, 2.75) is 6.92 Å². The van der Waals surface area contributed by atoms with Crippen LogP contribution in [-0.2, 0) is 24.0 Å². The van der Waals surface area contributed by atoms with Crippen LogP contribution in [0.4, 0.5) is 5.69 Å². The molecule has 49 heavy (non-hydrogen) atoms. The van der Waals surface area contributed by atoms with Crippen LogP contribution in [-0.4, -0.2) is 128 Å². The van der Waals surface area contributed by atoms with Crippen molar-refractivity contribution in [3.05, 3.63) is 78.1 Å². The van der Waals surface area contributed by atoms with E-state index in [0.29, 0.717) is 16.9 Å². The zero-order valence-corrected chi connectivity index (χ0v) is 26.8. The standard InChI is InChI=1S/C35H36N6O8/c1-24(42)19-40(22-32(46)47)17-15-39(21-31(44)45)16-18-41(23-33(48)49)20-30(43)37-28-10-4-25(5-11-28)6-12-29-13-9-27-8-7-26-3-2-14-36-34(26)35(27)38-29/h2-5,7-11,13-14H,15-23H2,1H3,(H,37,43)(H,44,45)(H,46,47)(H,48,49). The second-order valence-corrected chi connectivity index (χ2v) is 11.4. The molecule has 14 nitrogen and oxygen atoms in total. The van der Waals surface area contributed by atoms with Gasteiger partial charge in [0.2, 0.25) is 5.91 Å². The third-order valence-corrected chi connectivity index (χ3v) is 7.29. The van der Waals surface area contributed by atoms with Crippen molar-refractivity contribution in [2.24, 2.45) is 0 Å². The molecule has 0 bridgehead atoms. The highest BCUT2D eigenvalue weighted by molar-refractivity contribution is 6.02. The number of nitrogens with zero attached hydrogens (tertiary/aromatic N) is 5. The molecule has 0 spiro atoms.